The van der Waals surface area contributed by atoms with Crippen molar-refractivity contribution >= 4 is 35.8 Å². The van der Waals surface area contributed by atoms with Gasteiger partial charge in [-0.1, -0.05) is 24.6 Å². The van der Waals surface area contributed by atoms with Gasteiger partial charge in [0.25, 0.3) is 5.91 Å². The highest BCUT2D eigenvalue weighted by Gasteiger charge is 2.36. The molecule has 1 saturated carbocycles. The molecule has 0 heterocycles. The van der Waals surface area contributed by atoms with E-state index in [0.717, 1.165) is 32.1 Å². The van der Waals surface area contributed by atoms with Gasteiger partial charge in [-0.2, -0.15) is 0 Å². The molecule has 0 aromatic heterocycles. The van der Waals surface area contributed by atoms with Crippen molar-refractivity contribution in [3.8, 4) is 0 Å². The lowest BCUT2D eigenvalue weighted by Gasteiger charge is -2.40. The predicted octanol–water partition coefficient (Wildman–Crippen LogP) is 2.80. The Labute approximate surface area is 179 Å². The van der Waals surface area contributed by atoms with Crippen LogP contribution in [0.25, 0.3) is 0 Å². The highest BCUT2D eigenvalue weighted by molar-refractivity contribution is 14.0. The molecule has 1 aromatic rings. The summed E-state index contributed by atoms with van der Waals surface area (Å²) in [4.78, 5) is 16.8. The topological polar surface area (TPSA) is 74.8 Å². The van der Waals surface area contributed by atoms with Crippen LogP contribution in [0.5, 0.6) is 0 Å². The number of guanidine groups is 1. The van der Waals surface area contributed by atoms with E-state index in [9.17, 15) is 4.79 Å². The van der Waals surface area contributed by atoms with Crippen LogP contribution in [0.15, 0.2) is 35.3 Å². The standard InChI is InChI=1S/C20H32N4O2.HI/c1-3-21-19(24-16-20(10-7-11-20)12-15-26-2)23-14-13-22-18(25)17-8-5-4-6-9-17;/h4-6,8-9H,3,7,10-16H2,1-2H3,(H,22,25)(H2,21,23,24);1H. The van der Waals surface area contributed by atoms with Crippen molar-refractivity contribution in [3.63, 3.8) is 0 Å². The zero-order valence-corrected chi connectivity index (χ0v) is 18.8. The number of nitrogens with zero attached hydrogens (tertiary/aromatic N) is 1. The fourth-order valence-corrected chi connectivity index (χ4v) is 3.12. The minimum absolute atomic E-state index is 0. The van der Waals surface area contributed by atoms with Gasteiger partial charge in [-0.15, -0.1) is 24.0 Å². The van der Waals surface area contributed by atoms with E-state index < -0.39 is 0 Å². The Morgan fingerprint density at radius 1 is 1.15 bits per heavy atom. The highest BCUT2D eigenvalue weighted by Crippen LogP contribution is 2.44. The second-order valence-electron chi connectivity index (χ2n) is 6.84. The highest BCUT2D eigenvalue weighted by atomic mass is 127. The molecule has 2 rings (SSSR count). The van der Waals surface area contributed by atoms with Gasteiger partial charge in [-0.05, 0) is 43.7 Å². The van der Waals surface area contributed by atoms with Gasteiger partial charge >= 0.3 is 0 Å². The van der Waals surface area contributed by atoms with Crippen LogP contribution in [0.1, 0.15) is 43.0 Å². The van der Waals surface area contributed by atoms with Crippen LogP contribution < -0.4 is 16.0 Å². The van der Waals surface area contributed by atoms with Crippen LogP contribution >= 0.6 is 24.0 Å². The smallest absolute Gasteiger partial charge is 0.251 e. The third kappa shape index (κ3) is 8.04. The summed E-state index contributed by atoms with van der Waals surface area (Å²) < 4.78 is 5.25. The summed E-state index contributed by atoms with van der Waals surface area (Å²) in [7, 11) is 1.75. The molecule has 0 radical (unpaired) electrons. The van der Waals surface area contributed by atoms with Gasteiger partial charge in [0, 0.05) is 45.5 Å². The van der Waals surface area contributed by atoms with Crippen LogP contribution in [-0.2, 0) is 4.74 Å². The molecule has 1 fully saturated rings. The van der Waals surface area contributed by atoms with E-state index in [1.165, 1.54) is 19.3 Å². The van der Waals surface area contributed by atoms with Crippen LogP contribution in [0.3, 0.4) is 0 Å². The quantitative estimate of drug-likeness (QED) is 0.205. The van der Waals surface area contributed by atoms with Crippen molar-refractivity contribution in [2.24, 2.45) is 10.4 Å². The van der Waals surface area contributed by atoms with Crippen LogP contribution in [0.4, 0.5) is 0 Å². The van der Waals surface area contributed by atoms with E-state index in [-0.39, 0.29) is 29.9 Å². The van der Waals surface area contributed by atoms with E-state index in [0.29, 0.717) is 24.1 Å². The summed E-state index contributed by atoms with van der Waals surface area (Å²) in [5.41, 5.74) is 0.984. The molecule has 152 valence electrons. The molecule has 0 saturated heterocycles. The van der Waals surface area contributed by atoms with Crippen LogP contribution in [-0.4, -0.2) is 51.8 Å². The number of ether oxygens (including phenoxy) is 1. The molecule has 3 N–H and O–H groups in total. The number of carbonyl (C=O) groups is 1. The molecule has 1 aliphatic carbocycles. The first-order valence-corrected chi connectivity index (χ1v) is 9.53. The lowest BCUT2D eigenvalue weighted by atomic mass is 9.67. The first-order valence-electron chi connectivity index (χ1n) is 9.53. The minimum atomic E-state index is -0.0534. The second-order valence-corrected chi connectivity index (χ2v) is 6.84. The van der Waals surface area contributed by atoms with E-state index >= 15 is 0 Å². The van der Waals surface area contributed by atoms with E-state index in [2.05, 4.69) is 22.9 Å². The van der Waals surface area contributed by atoms with Crippen molar-refractivity contribution in [1.82, 2.24) is 16.0 Å². The molecule has 0 unspecified atom stereocenters. The van der Waals surface area contributed by atoms with E-state index in [4.69, 9.17) is 9.73 Å². The summed E-state index contributed by atoms with van der Waals surface area (Å²) in [5, 5.41) is 9.49. The Bertz CT molecular complexity index is 577. The number of amides is 1. The molecule has 7 heteroatoms. The first-order chi connectivity index (χ1) is 12.7. The number of nitrogens with one attached hydrogen (secondary N) is 3. The first kappa shape index (κ1) is 23.7. The Balaban J connectivity index is 0.00000364. The molecule has 1 aliphatic rings. The number of aliphatic imine (C=N–C) groups is 1. The maximum atomic E-state index is 12.0. The van der Waals surface area contributed by atoms with Crippen molar-refractivity contribution < 1.29 is 9.53 Å². The normalized spacial score (nSPS) is 15.3. The molecule has 1 aromatic carbocycles. The van der Waals surface area contributed by atoms with E-state index in [1.54, 1.807) is 7.11 Å². The summed E-state index contributed by atoms with van der Waals surface area (Å²) in [6.07, 6.45) is 4.81. The number of methoxy groups -OCH3 is 1. The third-order valence-electron chi connectivity index (χ3n) is 4.91. The molecule has 1 amide bonds. The largest absolute Gasteiger partial charge is 0.385 e. The minimum Gasteiger partial charge on any atom is -0.385 e. The molecule has 0 aliphatic heterocycles. The molecule has 0 atom stereocenters. The molecular formula is C20H33IN4O2. The fourth-order valence-electron chi connectivity index (χ4n) is 3.12. The van der Waals surface area contributed by atoms with Gasteiger partial charge < -0.3 is 20.7 Å². The summed E-state index contributed by atoms with van der Waals surface area (Å²) in [6.45, 7) is 5.67. The SMILES string of the molecule is CCNC(=NCC1(CCOC)CCC1)NCCNC(=O)c1ccccc1.I. The molecule has 0 spiro atoms. The van der Waals surface area contributed by atoms with Gasteiger partial charge in [0.05, 0.1) is 0 Å². The average Bonchev–Trinajstić information content (AvgIpc) is 2.64. The molecule has 6 nitrogen and oxygen atoms in total. The number of benzene rings is 1. The van der Waals surface area contributed by atoms with Crippen molar-refractivity contribution in [3.05, 3.63) is 35.9 Å². The Kier molecular flexibility index (Phi) is 11.3. The van der Waals surface area contributed by atoms with Gasteiger partial charge in [-0.25, -0.2) is 0 Å². The third-order valence-corrected chi connectivity index (χ3v) is 4.91. The lowest BCUT2D eigenvalue weighted by molar-refractivity contribution is 0.0778. The van der Waals surface area contributed by atoms with Crippen LogP contribution in [0, 0.1) is 5.41 Å². The van der Waals surface area contributed by atoms with Gasteiger partial charge in [-0.3, -0.25) is 9.79 Å². The Hall–Kier alpha value is -1.35. The number of halogens is 1. The summed E-state index contributed by atoms with van der Waals surface area (Å²) in [5.74, 6) is 0.757. The molecular weight excluding hydrogens is 455 g/mol. The monoisotopic (exact) mass is 488 g/mol. The maximum Gasteiger partial charge on any atom is 0.251 e. The van der Waals surface area contributed by atoms with Gasteiger partial charge in [0.2, 0.25) is 0 Å². The fraction of sp³-hybridized carbons (Fsp3) is 0.600. The van der Waals surface area contributed by atoms with Gasteiger partial charge in [0.15, 0.2) is 5.96 Å². The zero-order valence-electron chi connectivity index (χ0n) is 16.4. The lowest BCUT2D eigenvalue weighted by Crippen LogP contribution is -2.43. The zero-order chi connectivity index (χ0) is 18.7. The summed E-state index contributed by atoms with van der Waals surface area (Å²) >= 11 is 0. The molecule has 27 heavy (non-hydrogen) atoms. The number of hydrogen-bond donors (Lipinski definition) is 3. The number of hydrogen-bond acceptors (Lipinski definition) is 3. The van der Waals surface area contributed by atoms with Crippen molar-refractivity contribution in [1.29, 1.82) is 0 Å². The Morgan fingerprint density at radius 3 is 2.44 bits per heavy atom. The van der Waals surface area contributed by atoms with Crippen molar-refractivity contribution in [2.75, 3.05) is 39.9 Å². The van der Waals surface area contributed by atoms with Gasteiger partial charge in [0.1, 0.15) is 0 Å². The summed E-state index contributed by atoms with van der Waals surface area (Å²) in [6, 6.07) is 9.25. The maximum absolute atomic E-state index is 12.0. The van der Waals surface area contributed by atoms with E-state index in [1.807, 2.05) is 30.3 Å². The molecule has 0 bridgehead atoms. The second kappa shape index (κ2) is 12.9. The number of carbonyl (C=O) groups excluding carboxylic acids is 1. The van der Waals surface area contributed by atoms with Crippen molar-refractivity contribution in [2.45, 2.75) is 32.6 Å². The van der Waals surface area contributed by atoms with Crippen LogP contribution in [0.2, 0.25) is 0 Å². The Morgan fingerprint density at radius 2 is 1.85 bits per heavy atom. The average molecular weight is 488 g/mol. The number of rotatable bonds is 10. The predicted molar refractivity (Wildman–Crippen MR) is 121 cm³/mol.